The Balaban J connectivity index is 2.29. The van der Waals surface area contributed by atoms with E-state index in [2.05, 4.69) is 17.9 Å². The van der Waals surface area contributed by atoms with Gasteiger partial charge in [0.05, 0.1) is 4.90 Å². The van der Waals surface area contributed by atoms with Gasteiger partial charge in [-0.2, -0.15) is 4.31 Å². The second-order valence-electron chi connectivity index (χ2n) is 7.18. The zero-order valence-corrected chi connectivity index (χ0v) is 16.8. The van der Waals surface area contributed by atoms with Crippen molar-refractivity contribution in [2.75, 3.05) is 26.7 Å². The van der Waals surface area contributed by atoms with Crippen LogP contribution in [0.4, 0.5) is 0 Å². The standard InChI is InChI=1S/C19H32N2O2S/c1-7-10-21-11-8-18(9-12-21)20(6)24(22,23)19-16(4)14(2)13-15(3)17(19)5/h13,18H,7-12H2,1-6H3. The van der Waals surface area contributed by atoms with Crippen molar-refractivity contribution < 1.29 is 8.42 Å². The quantitative estimate of drug-likeness (QED) is 0.815. The summed E-state index contributed by atoms with van der Waals surface area (Å²) < 4.78 is 28.2. The summed E-state index contributed by atoms with van der Waals surface area (Å²) in [6.07, 6.45) is 2.98. The van der Waals surface area contributed by atoms with Crippen LogP contribution in [0, 0.1) is 27.7 Å². The van der Waals surface area contributed by atoms with Crippen LogP contribution < -0.4 is 0 Å². The molecule has 0 N–H and O–H groups in total. The van der Waals surface area contributed by atoms with Crippen molar-refractivity contribution >= 4 is 10.0 Å². The minimum absolute atomic E-state index is 0.0997. The van der Waals surface area contributed by atoms with Crippen LogP contribution in [0.2, 0.25) is 0 Å². The lowest BCUT2D eigenvalue weighted by Crippen LogP contribution is -2.45. The average Bonchev–Trinajstić information content (AvgIpc) is 2.53. The molecule has 1 aromatic carbocycles. The highest BCUT2D eigenvalue weighted by Crippen LogP contribution is 2.30. The van der Waals surface area contributed by atoms with Gasteiger partial charge < -0.3 is 4.90 Å². The molecule has 5 heteroatoms. The molecule has 24 heavy (non-hydrogen) atoms. The summed E-state index contributed by atoms with van der Waals surface area (Å²) in [4.78, 5) is 2.95. The fourth-order valence-corrected chi connectivity index (χ4v) is 5.72. The van der Waals surface area contributed by atoms with Gasteiger partial charge >= 0.3 is 0 Å². The Morgan fingerprint density at radius 2 is 1.58 bits per heavy atom. The maximum atomic E-state index is 13.3. The van der Waals surface area contributed by atoms with E-state index in [-0.39, 0.29) is 6.04 Å². The Morgan fingerprint density at radius 3 is 2.04 bits per heavy atom. The van der Waals surface area contributed by atoms with Gasteiger partial charge in [-0.25, -0.2) is 8.42 Å². The van der Waals surface area contributed by atoms with Crippen molar-refractivity contribution in [2.45, 2.75) is 64.8 Å². The molecule has 2 rings (SSSR count). The Morgan fingerprint density at radius 1 is 1.08 bits per heavy atom. The van der Waals surface area contributed by atoms with E-state index in [1.807, 2.05) is 27.7 Å². The molecule has 0 saturated carbocycles. The number of rotatable bonds is 5. The normalized spacial score (nSPS) is 17.6. The summed E-state index contributed by atoms with van der Waals surface area (Å²) in [6, 6.07) is 2.18. The van der Waals surface area contributed by atoms with Crippen molar-refractivity contribution in [3.8, 4) is 0 Å². The number of likely N-dealkylation sites (tertiary alicyclic amines) is 1. The van der Waals surface area contributed by atoms with Gasteiger partial charge in [0.1, 0.15) is 0 Å². The van der Waals surface area contributed by atoms with Crippen LogP contribution >= 0.6 is 0 Å². The van der Waals surface area contributed by atoms with Gasteiger partial charge in [0, 0.05) is 13.1 Å². The van der Waals surface area contributed by atoms with E-state index in [0.717, 1.165) is 61.2 Å². The van der Waals surface area contributed by atoms with Crippen molar-refractivity contribution in [1.82, 2.24) is 9.21 Å². The molecule has 0 atom stereocenters. The number of benzene rings is 1. The maximum absolute atomic E-state index is 13.3. The Labute approximate surface area is 147 Å². The summed E-state index contributed by atoms with van der Waals surface area (Å²) >= 11 is 0. The van der Waals surface area contributed by atoms with Crippen LogP contribution in [0.5, 0.6) is 0 Å². The summed E-state index contributed by atoms with van der Waals surface area (Å²) in [5, 5.41) is 0. The van der Waals surface area contributed by atoms with Crippen molar-refractivity contribution in [3.63, 3.8) is 0 Å². The summed E-state index contributed by atoms with van der Waals surface area (Å²) in [5.41, 5.74) is 3.85. The minimum atomic E-state index is -3.46. The van der Waals surface area contributed by atoms with E-state index in [9.17, 15) is 8.42 Å². The predicted octanol–water partition coefficient (Wildman–Crippen LogP) is 3.42. The lowest BCUT2D eigenvalue weighted by molar-refractivity contribution is 0.170. The molecule has 1 heterocycles. The fourth-order valence-electron chi connectivity index (χ4n) is 3.73. The topological polar surface area (TPSA) is 40.6 Å². The van der Waals surface area contributed by atoms with E-state index in [0.29, 0.717) is 4.90 Å². The van der Waals surface area contributed by atoms with E-state index in [4.69, 9.17) is 0 Å². The molecule has 0 amide bonds. The van der Waals surface area contributed by atoms with Gasteiger partial charge in [-0.3, -0.25) is 0 Å². The summed E-state index contributed by atoms with van der Waals surface area (Å²) in [5.74, 6) is 0. The molecule has 1 aliphatic rings. The van der Waals surface area contributed by atoms with Crippen molar-refractivity contribution in [2.24, 2.45) is 0 Å². The molecule has 0 bridgehead atoms. The molecular formula is C19H32N2O2S. The average molecular weight is 353 g/mol. The second kappa shape index (κ2) is 7.54. The molecule has 0 spiro atoms. The van der Waals surface area contributed by atoms with Gasteiger partial charge in [0.2, 0.25) is 10.0 Å². The Bertz CT molecular complexity index is 664. The molecular weight excluding hydrogens is 320 g/mol. The Hall–Kier alpha value is -0.910. The number of aryl methyl sites for hydroxylation is 2. The van der Waals surface area contributed by atoms with Gasteiger partial charge in [0.15, 0.2) is 0 Å². The van der Waals surface area contributed by atoms with E-state index in [1.54, 1.807) is 11.4 Å². The Kier molecular flexibility index (Phi) is 6.10. The largest absolute Gasteiger partial charge is 0.303 e. The monoisotopic (exact) mass is 352 g/mol. The number of hydrogen-bond donors (Lipinski definition) is 0. The van der Waals surface area contributed by atoms with Crippen LogP contribution in [-0.2, 0) is 10.0 Å². The molecule has 0 aromatic heterocycles. The molecule has 1 aliphatic heterocycles. The van der Waals surface area contributed by atoms with Crippen LogP contribution in [0.3, 0.4) is 0 Å². The lowest BCUT2D eigenvalue weighted by Gasteiger charge is -2.36. The molecule has 136 valence electrons. The highest BCUT2D eigenvalue weighted by molar-refractivity contribution is 7.89. The highest BCUT2D eigenvalue weighted by Gasteiger charge is 2.33. The zero-order valence-electron chi connectivity index (χ0n) is 16.0. The smallest absolute Gasteiger partial charge is 0.243 e. The SMILES string of the molecule is CCCN1CCC(N(C)S(=O)(=O)c2c(C)c(C)cc(C)c2C)CC1. The third kappa shape index (κ3) is 3.68. The first-order chi connectivity index (χ1) is 11.2. The molecule has 1 aromatic rings. The highest BCUT2D eigenvalue weighted by atomic mass is 32.2. The summed E-state index contributed by atoms with van der Waals surface area (Å²) in [7, 11) is -1.70. The number of sulfonamides is 1. The first-order valence-electron chi connectivity index (χ1n) is 8.98. The number of piperidine rings is 1. The molecule has 4 nitrogen and oxygen atoms in total. The predicted molar refractivity (Wildman–Crippen MR) is 100 cm³/mol. The van der Waals surface area contributed by atoms with Gasteiger partial charge in [0.25, 0.3) is 0 Å². The third-order valence-electron chi connectivity index (χ3n) is 5.55. The van der Waals surface area contributed by atoms with E-state index < -0.39 is 10.0 Å². The number of hydrogen-bond acceptors (Lipinski definition) is 3. The van der Waals surface area contributed by atoms with Crippen LogP contribution in [-0.4, -0.2) is 50.3 Å². The molecule has 1 fully saturated rings. The van der Waals surface area contributed by atoms with Crippen LogP contribution in [0.25, 0.3) is 0 Å². The molecule has 0 unspecified atom stereocenters. The molecule has 1 saturated heterocycles. The third-order valence-corrected chi connectivity index (χ3v) is 7.73. The summed E-state index contributed by atoms with van der Waals surface area (Å²) in [6.45, 7) is 13.1. The van der Waals surface area contributed by atoms with Gasteiger partial charge in [-0.05, 0) is 88.8 Å². The zero-order chi connectivity index (χ0) is 18.1. The van der Waals surface area contributed by atoms with Crippen LogP contribution in [0.1, 0.15) is 48.4 Å². The second-order valence-corrected chi connectivity index (χ2v) is 9.12. The van der Waals surface area contributed by atoms with E-state index in [1.165, 1.54) is 0 Å². The maximum Gasteiger partial charge on any atom is 0.243 e. The van der Waals surface area contributed by atoms with Crippen molar-refractivity contribution in [1.29, 1.82) is 0 Å². The lowest BCUT2D eigenvalue weighted by atomic mass is 10.0. The van der Waals surface area contributed by atoms with Gasteiger partial charge in [-0.15, -0.1) is 0 Å². The minimum Gasteiger partial charge on any atom is -0.303 e. The van der Waals surface area contributed by atoms with Crippen LogP contribution in [0.15, 0.2) is 11.0 Å². The van der Waals surface area contributed by atoms with E-state index >= 15 is 0 Å². The first-order valence-corrected chi connectivity index (χ1v) is 10.4. The molecule has 0 aliphatic carbocycles. The van der Waals surface area contributed by atoms with Gasteiger partial charge in [-0.1, -0.05) is 13.0 Å². The number of nitrogens with zero attached hydrogens (tertiary/aromatic N) is 2. The fraction of sp³-hybridized carbons (Fsp3) is 0.684. The van der Waals surface area contributed by atoms with Crippen molar-refractivity contribution in [3.05, 3.63) is 28.3 Å². The molecule has 0 radical (unpaired) electrons. The first kappa shape index (κ1) is 19.4.